The van der Waals surface area contributed by atoms with Gasteiger partial charge in [0.25, 0.3) is 0 Å². The van der Waals surface area contributed by atoms with E-state index in [9.17, 15) is 8.42 Å². The Bertz CT molecular complexity index is 624. The van der Waals surface area contributed by atoms with Gasteiger partial charge in [-0.15, -0.1) is 0 Å². The number of benzene rings is 1. The average molecular weight is 308 g/mol. The summed E-state index contributed by atoms with van der Waals surface area (Å²) in [5.41, 5.74) is 7.49. The third-order valence-corrected chi connectivity index (χ3v) is 7.43. The van der Waals surface area contributed by atoms with Gasteiger partial charge in [0.1, 0.15) is 0 Å². The Hall–Kier alpha value is -1.07. The number of piperidine rings is 1. The van der Waals surface area contributed by atoms with Crippen LogP contribution in [0.1, 0.15) is 44.1 Å². The van der Waals surface area contributed by atoms with Crippen LogP contribution < -0.4 is 5.73 Å². The molecule has 0 aromatic heterocycles. The van der Waals surface area contributed by atoms with Crippen molar-refractivity contribution in [1.29, 1.82) is 0 Å². The van der Waals surface area contributed by atoms with Gasteiger partial charge in [0.2, 0.25) is 10.0 Å². The number of rotatable bonds is 2. The summed E-state index contributed by atoms with van der Waals surface area (Å²) in [5.74, 6) is 0. The molecule has 2 fully saturated rings. The molecule has 0 unspecified atom stereocenters. The van der Waals surface area contributed by atoms with E-state index < -0.39 is 10.0 Å². The molecule has 21 heavy (non-hydrogen) atoms. The zero-order valence-electron chi connectivity index (χ0n) is 12.6. The predicted octanol–water partition coefficient (Wildman–Crippen LogP) is 2.92. The van der Waals surface area contributed by atoms with E-state index in [1.165, 1.54) is 25.7 Å². The van der Waals surface area contributed by atoms with Crippen molar-refractivity contribution in [2.45, 2.75) is 50.3 Å². The highest BCUT2D eigenvalue weighted by atomic mass is 32.2. The van der Waals surface area contributed by atoms with E-state index in [1.54, 1.807) is 29.4 Å². The second kappa shape index (κ2) is 5.29. The van der Waals surface area contributed by atoms with Crippen LogP contribution in [0.4, 0.5) is 5.69 Å². The Morgan fingerprint density at radius 3 is 2.33 bits per heavy atom. The van der Waals surface area contributed by atoms with Crippen LogP contribution in [-0.4, -0.2) is 25.8 Å². The molecule has 0 amide bonds. The van der Waals surface area contributed by atoms with Gasteiger partial charge in [-0.2, -0.15) is 4.31 Å². The molecule has 4 nitrogen and oxygen atoms in total. The van der Waals surface area contributed by atoms with Crippen LogP contribution >= 0.6 is 0 Å². The van der Waals surface area contributed by atoms with E-state index in [2.05, 4.69) is 0 Å². The fourth-order valence-corrected chi connectivity index (χ4v) is 5.57. The largest absolute Gasteiger partial charge is 0.398 e. The van der Waals surface area contributed by atoms with E-state index >= 15 is 0 Å². The number of nitrogens with two attached hydrogens (primary N) is 1. The molecule has 0 bridgehead atoms. The first-order valence-electron chi connectivity index (χ1n) is 7.80. The lowest BCUT2D eigenvalue weighted by Gasteiger charge is -2.38. The molecule has 1 saturated heterocycles. The number of hydrogen-bond acceptors (Lipinski definition) is 3. The number of anilines is 1. The minimum absolute atomic E-state index is 0.366. The first-order chi connectivity index (χ1) is 9.95. The minimum atomic E-state index is -3.41. The Balaban J connectivity index is 1.82. The van der Waals surface area contributed by atoms with Gasteiger partial charge in [0.05, 0.1) is 4.90 Å². The van der Waals surface area contributed by atoms with Crippen molar-refractivity contribution in [3.63, 3.8) is 0 Å². The second-order valence-corrected chi connectivity index (χ2v) is 8.49. The number of nitrogens with zero attached hydrogens (tertiary/aromatic N) is 1. The summed E-state index contributed by atoms with van der Waals surface area (Å²) >= 11 is 0. The maximum Gasteiger partial charge on any atom is 0.243 e. The van der Waals surface area contributed by atoms with E-state index in [-0.39, 0.29) is 0 Å². The summed E-state index contributed by atoms with van der Waals surface area (Å²) in [6.07, 6.45) is 7.18. The van der Waals surface area contributed by atoms with E-state index in [4.69, 9.17) is 5.73 Å². The molecule has 5 heteroatoms. The first-order valence-corrected chi connectivity index (χ1v) is 9.24. The number of nitrogen functional groups attached to an aromatic ring is 1. The summed E-state index contributed by atoms with van der Waals surface area (Å²) in [7, 11) is -3.41. The molecule has 1 aliphatic heterocycles. The molecule has 2 aliphatic rings. The van der Waals surface area contributed by atoms with Crippen molar-refractivity contribution in [2.24, 2.45) is 5.41 Å². The average Bonchev–Trinajstić information content (AvgIpc) is 2.90. The second-order valence-electron chi connectivity index (χ2n) is 6.58. The zero-order valence-corrected chi connectivity index (χ0v) is 13.5. The Morgan fingerprint density at radius 2 is 1.71 bits per heavy atom. The molecule has 1 aromatic carbocycles. The van der Waals surface area contributed by atoms with Crippen LogP contribution in [0.5, 0.6) is 0 Å². The number of hydrogen-bond donors (Lipinski definition) is 1. The van der Waals surface area contributed by atoms with Crippen LogP contribution in [0.3, 0.4) is 0 Å². The summed E-state index contributed by atoms with van der Waals surface area (Å²) < 4.78 is 27.3. The molecule has 3 rings (SSSR count). The molecule has 0 radical (unpaired) electrons. The standard InChI is InChI=1S/C16H24N2O2S/c1-13-14(17)5-4-6-15(13)21(19,20)18-11-9-16(10-12-18)7-2-3-8-16/h4-6H,2-3,7-12,17H2,1H3. The highest BCUT2D eigenvalue weighted by Gasteiger charge is 2.40. The van der Waals surface area contributed by atoms with Crippen molar-refractivity contribution >= 4 is 15.7 Å². The van der Waals surface area contributed by atoms with E-state index in [0.29, 0.717) is 34.7 Å². The monoisotopic (exact) mass is 308 g/mol. The highest BCUT2D eigenvalue weighted by molar-refractivity contribution is 7.89. The minimum Gasteiger partial charge on any atom is -0.398 e. The van der Waals surface area contributed by atoms with Gasteiger partial charge in [0, 0.05) is 18.8 Å². The Kier molecular flexibility index (Phi) is 3.74. The topological polar surface area (TPSA) is 63.4 Å². The summed E-state index contributed by atoms with van der Waals surface area (Å²) in [4.78, 5) is 0.366. The summed E-state index contributed by atoms with van der Waals surface area (Å²) in [5, 5.41) is 0. The molecular weight excluding hydrogens is 284 g/mol. The predicted molar refractivity (Wildman–Crippen MR) is 84.5 cm³/mol. The molecule has 1 aromatic rings. The van der Waals surface area contributed by atoms with Gasteiger partial charge in [0.15, 0.2) is 0 Å². The molecule has 1 saturated carbocycles. The lowest BCUT2D eigenvalue weighted by atomic mass is 9.78. The number of sulfonamides is 1. The fourth-order valence-electron chi connectivity index (χ4n) is 3.88. The molecule has 1 aliphatic carbocycles. The zero-order chi connectivity index (χ0) is 15.1. The Labute approximate surface area is 127 Å². The van der Waals surface area contributed by atoms with Crippen molar-refractivity contribution in [3.8, 4) is 0 Å². The lowest BCUT2D eigenvalue weighted by molar-refractivity contribution is 0.160. The van der Waals surface area contributed by atoms with Gasteiger partial charge < -0.3 is 5.73 Å². The first kappa shape index (κ1) is 14.9. The van der Waals surface area contributed by atoms with Crippen LogP contribution in [0.2, 0.25) is 0 Å². The van der Waals surface area contributed by atoms with Crippen molar-refractivity contribution in [2.75, 3.05) is 18.8 Å². The van der Waals surface area contributed by atoms with Crippen molar-refractivity contribution in [3.05, 3.63) is 23.8 Å². The fraction of sp³-hybridized carbons (Fsp3) is 0.625. The SMILES string of the molecule is Cc1c(N)cccc1S(=O)(=O)N1CCC2(CCCC2)CC1. The highest BCUT2D eigenvalue weighted by Crippen LogP contribution is 2.46. The van der Waals surface area contributed by atoms with Crippen molar-refractivity contribution in [1.82, 2.24) is 4.31 Å². The van der Waals surface area contributed by atoms with Crippen LogP contribution in [-0.2, 0) is 10.0 Å². The van der Waals surface area contributed by atoms with Gasteiger partial charge in [-0.25, -0.2) is 8.42 Å². The van der Waals surface area contributed by atoms with Gasteiger partial charge in [-0.3, -0.25) is 0 Å². The molecule has 1 heterocycles. The quantitative estimate of drug-likeness (QED) is 0.854. The van der Waals surface area contributed by atoms with Crippen LogP contribution in [0.15, 0.2) is 23.1 Å². The van der Waals surface area contributed by atoms with Gasteiger partial charge in [-0.1, -0.05) is 18.9 Å². The van der Waals surface area contributed by atoms with E-state index in [1.807, 2.05) is 0 Å². The lowest BCUT2D eigenvalue weighted by Crippen LogP contribution is -2.42. The molecular formula is C16H24N2O2S. The molecule has 0 atom stereocenters. The molecule has 116 valence electrons. The summed E-state index contributed by atoms with van der Waals surface area (Å²) in [6, 6.07) is 5.14. The van der Waals surface area contributed by atoms with Crippen molar-refractivity contribution < 1.29 is 8.42 Å². The van der Waals surface area contributed by atoms with Gasteiger partial charge >= 0.3 is 0 Å². The molecule has 1 spiro atoms. The third-order valence-electron chi connectivity index (χ3n) is 5.39. The third kappa shape index (κ3) is 2.57. The van der Waals surface area contributed by atoms with Gasteiger partial charge in [-0.05, 0) is 55.7 Å². The smallest absolute Gasteiger partial charge is 0.243 e. The normalized spacial score (nSPS) is 22.7. The molecule has 2 N–H and O–H groups in total. The van der Waals surface area contributed by atoms with Crippen LogP contribution in [0, 0.1) is 12.3 Å². The van der Waals surface area contributed by atoms with Crippen LogP contribution in [0.25, 0.3) is 0 Å². The maximum atomic E-state index is 12.8. The Morgan fingerprint density at radius 1 is 1.10 bits per heavy atom. The maximum absolute atomic E-state index is 12.8. The summed E-state index contributed by atoms with van der Waals surface area (Å²) in [6.45, 7) is 3.08. The van der Waals surface area contributed by atoms with E-state index in [0.717, 1.165) is 12.8 Å².